The summed E-state index contributed by atoms with van der Waals surface area (Å²) in [6.45, 7) is 4.68. The van der Waals surface area contributed by atoms with E-state index in [1.54, 1.807) is 0 Å². The molecule has 1 amide bonds. The van der Waals surface area contributed by atoms with Crippen LogP contribution in [0.15, 0.2) is 6.07 Å². The number of aromatic nitrogens is 2. The molecule has 0 aromatic carbocycles. The van der Waals surface area contributed by atoms with Crippen LogP contribution in [-0.4, -0.2) is 58.7 Å². The van der Waals surface area contributed by atoms with E-state index in [0.29, 0.717) is 13.0 Å². The van der Waals surface area contributed by atoms with Crippen LogP contribution < -0.4 is 5.32 Å². The second kappa shape index (κ2) is 9.51. The Labute approximate surface area is 157 Å². The van der Waals surface area contributed by atoms with Crippen LogP contribution in [0.4, 0.5) is 0 Å². The first-order valence-corrected chi connectivity index (χ1v) is 10.3. The van der Waals surface area contributed by atoms with E-state index in [1.165, 1.54) is 50.8 Å². The van der Waals surface area contributed by atoms with E-state index in [-0.39, 0.29) is 5.91 Å². The zero-order valence-corrected chi connectivity index (χ0v) is 16.5. The number of rotatable bonds is 7. The summed E-state index contributed by atoms with van der Waals surface area (Å²) >= 11 is 0. The first-order chi connectivity index (χ1) is 12.6. The molecular formula is C20H35N5O. The molecule has 6 heteroatoms. The van der Waals surface area contributed by atoms with Gasteiger partial charge in [0.2, 0.25) is 5.91 Å². The smallest absolute Gasteiger partial charge is 0.220 e. The molecule has 2 aliphatic rings. The number of fused-ring (bicyclic) bond motifs is 1. The van der Waals surface area contributed by atoms with Crippen LogP contribution >= 0.6 is 0 Å². The number of nitrogens with zero attached hydrogens (tertiary/aromatic N) is 4. The number of amides is 1. The minimum Gasteiger partial charge on any atom is -0.350 e. The second-order valence-corrected chi connectivity index (χ2v) is 8.15. The molecule has 1 saturated carbocycles. The van der Waals surface area contributed by atoms with Crippen molar-refractivity contribution in [3.05, 3.63) is 17.5 Å². The van der Waals surface area contributed by atoms with Crippen LogP contribution in [0.3, 0.4) is 0 Å². The Bertz CT molecular complexity index is 577. The van der Waals surface area contributed by atoms with Gasteiger partial charge in [-0.3, -0.25) is 14.4 Å². The molecular weight excluding hydrogens is 326 g/mol. The van der Waals surface area contributed by atoms with E-state index in [1.807, 2.05) is 14.1 Å². The fourth-order valence-electron chi connectivity index (χ4n) is 4.22. The number of carbonyl (C=O) groups is 1. The van der Waals surface area contributed by atoms with E-state index in [9.17, 15) is 4.79 Å². The molecule has 0 unspecified atom stereocenters. The molecule has 1 aliphatic heterocycles. The topological polar surface area (TPSA) is 53.4 Å². The summed E-state index contributed by atoms with van der Waals surface area (Å²) in [5.74, 6) is 0.124. The van der Waals surface area contributed by atoms with E-state index in [4.69, 9.17) is 5.10 Å². The second-order valence-electron chi connectivity index (χ2n) is 8.15. The van der Waals surface area contributed by atoms with Crippen LogP contribution in [0.25, 0.3) is 0 Å². The predicted molar refractivity (Wildman–Crippen MR) is 104 cm³/mol. The molecule has 1 fully saturated rings. The van der Waals surface area contributed by atoms with E-state index >= 15 is 0 Å². The monoisotopic (exact) mass is 361 g/mol. The molecule has 26 heavy (non-hydrogen) atoms. The molecule has 6 nitrogen and oxygen atoms in total. The van der Waals surface area contributed by atoms with Gasteiger partial charge in [-0.2, -0.15) is 5.10 Å². The minimum atomic E-state index is 0.124. The van der Waals surface area contributed by atoms with Gasteiger partial charge >= 0.3 is 0 Å². The fraction of sp³-hybridized carbons (Fsp3) is 0.800. The van der Waals surface area contributed by atoms with Gasteiger partial charge < -0.3 is 10.2 Å². The van der Waals surface area contributed by atoms with Gasteiger partial charge in [0.05, 0.1) is 17.9 Å². The Morgan fingerprint density at radius 3 is 2.81 bits per heavy atom. The summed E-state index contributed by atoms with van der Waals surface area (Å²) in [6.07, 6.45) is 9.52. The van der Waals surface area contributed by atoms with Crippen molar-refractivity contribution in [3.63, 3.8) is 0 Å². The van der Waals surface area contributed by atoms with Gasteiger partial charge in [-0.1, -0.05) is 19.3 Å². The Kier molecular flexibility index (Phi) is 7.08. The first-order valence-electron chi connectivity index (χ1n) is 10.3. The number of hydrogen-bond acceptors (Lipinski definition) is 4. The zero-order chi connectivity index (χ0) is 18.4. The quantitative estimate of drug-likeness (QED) is 0.810. The van der Waals surface area contributed by atoms with Gasteiger partial charge in [0, 0.05) is 32.1 Å². The third-order valence-corrected chi connectivity index (χ3v) is 5.66. The summed E-state index contributed by atoms with van der Waals surface area (Å²) in [7, 11) is 4.07. The SMILES string of the molecule is CN(C)CCCC(=O)NCc1cc2n(n1)CCCN(C1CCCCC1)C2. The number of aryl methyl sites for hydroxylation is 1. The molecule has 0 spiro atoms. The van der Waals surface area contributed by atoms with Crippen molar-refractivity contribution >= 4 is 5.91 Å². The van der Waals surface area contributed by atoms with Gasteiger partial charge in [-0.05, 0) is 52.4 Å². The summed E-state index contributed by atoms with van der Waals surface area (Å²) in [6, 6.07) is 2.95. The Morgan fingerprint density at radius 1 is 1.23 bits per heavy atom. The lowest BCUT2D eigenvalue weighted by Crippen LogP contribution is -2.36. The predicted octanol–water partition coefficient (Wildman–Crippen LogP) is 2.38. The summed E-state index contributed by atoms with van der Waals surface area (Å²) in [5, 5.41) is 7.76. The van der Waals surface area contributed by atoms with Crippen LogP contribution in [0, 0.1) is 0 Å². The summed E-state index contributed by atoms with van der Waals surface area (Å²) < 4.78 is 2.16. The Balaban J connectivity index is 1.50. The van der Waals surface area contributed by atoms with Crippen molar-refractivity contribution in [2.45, 2.75) is 77.0 Å². The maximum Gasteiger partial charge on any atom is 0.220 e. The molecule has 3 rings (SSSR count). The lowest BCUT2D eigenvalue weighted by Gasteiger charge is -2.33. The minimum absolute atomic E-state index is 0.124. The maximum absolute atomic E-state index is 12.0. The lowest BCUT2D eigenvalue weighted by molar-refractivity contribution is -0.121. The van der Waals surface area contributed by atoms with Crippen molar-refractivity contribution in [1.29, 1.82) is 0 Å². The Hall–Kier alpha value is -1.40. The third kappa shape index (κ3) is 5.55. The van der Waals surface area contributed by atoms with Crippen molar-refractivity contribution < 1.29 is 4.79 Å². The third-order valence-electron chi connectivity index (χ3n) is 5.66. The standard InChI is InChI=1S/C20H35N5O/c1-23(2)11-6-10-20(26)21-15-17-14-19-16-24(12-7-13-25(19)22-17)18-8-4-3-5-9-18/h14,18H,3-13,15-16H2,1-2H3,(H,21,26). The highest BCUT2D eigenvalue weighted by atomic mass is 16.1. The molecule has 1 aliphatic carbocycles. The summed E-state index contributed by atoms with van der Waals surface area (Å²) in [4.78, 5) is 16.8. The average Bonchev–Trinajstić information content (AvgIpc) is 2.90. The highest BCUT2D eigenvalue weighted by molar-refractivity contribution is 5.75. The molecule has 1 aromatic heterocycles. The molecule has 146 valence electrons. The molecule has 0 bridgehead atoms. The van der Waals surface area contributed by atoms with Crippen LogP contribution in [0.2, 0.25) is 0 Å². The fourth-order valence-corrected chi connectivity index (χ4v) is 4.22. The van der Waals surface area contributed by atoms with Crippen molar-refractivity contribution in [2.75, 3.05) is 27.2 Å². The number of hydrogen-bond donors (Lipinski definition) is 1. The van der Waals surface area contributed by atoms with Gasteiger partial charge in [0.1, 0.15) is 0 Å². The largest absolute Gasteiger partial charge is 0.350 e. The van der Waals surface area contributed by atoms with Crippen molar-refractivity contribution in [3.8, 4) is 0 Å². The normalized spacial score (nSPS) is 19.3. The molecule has 0 radical (unpaired) electrons. The van der Waals surface area contributed by atoms with Crippen molar-refractivity contribution in [2.24, 2.45) is 0 Å². The first kappa shape index (κ1) is 19.4. The van der Waals surface area contributed by atoms with Gasteiger partial charge in [0.25, 0.3) is 0 Å². The highest BCUT2D eigenvalue weighted by Gasteiger charge is 2.24. The molecule has 2 heterocycles. The molecule has 0 saturated heterocycles. The van der Waals surface area contributed by atoms with Crippen LogP contribution in [0.5, 0.6) is 0 Å². The Morgan fingerprint density at radius 2 is 2.04 bits per heavy atom. The van der Waals surface area contributed by atoms with E-state index in [2.05, 4.69) is 25.9 Å². The molecule has 0 atom stereocenters. The van der Waals surface area contributed by atoms with Crippen LogP contribution in [0.1, 0.15) is 62.8 Å². The molecule has 1 aromatic rings. The van der Waals surface area contributed by atoms with Gasteiger partial charge in [0.15, 0.2) is 0 Å². The molecule has 1 N–H and O–H groups in total. The van der Waals surface area contributed by atoms with Gasteiger partial charge in [-0.15, -0.1) is 0 Å². The number of nitrogens with one attached hydrogen (secondary N) is 1. The van der Waals surface area contributed by atoms with Crippen LogP contribution in [-0.2, 0) is 24.4 Å². The van der Waals surface area contributed by atoms with E-state index < -0.39 is 0 Å². The van der Waals surface area contributed by atoms with Gasteiger partial charge in [-0.25, -0.2) is 0 Å². The average molecular weight is 362 g/mol. The zero-order valence-electron chi connectivity index (χ0n) is 16.5. The lowest BCUT2D eigenvalue weighted by atomic mass is 9.94. The highest BCUT2D eigenvalue weighted by Crippen LogP contribution is 2.25. The number of carbonyl (C=O) groups excluding carboxylic acids is 1. The maximum atomic E-state index is 12.0. The van der Waals surface area contributed by atoms with Crippen molar-refractivity contribution in [1.82, 2.24) is 24.9 Å². The summed E-state index contributed by atoms with van der Waals surface area (Å²) in [5.41, 5.74) is 2.30. The van der Waals surface area contributed by atoms with E-state index in [0.717, 1.165) is 37.8 Å².